The van der Waals surface area contributed by atoms with E-state index in [9.17, 15) is 9.59 Å². The molecule has 1 rings (SSSR count). The highest BCUT2D eigenvalue weighted by molar-refractivity contribution is 5.74. The van der Waals surface area contributed by atoms with Crippen LogP contribution in [0.4, 0.5) is 4.79 Å². The molecule has 0 aromatic heterocycles. The lowest BCUT2D eigenvalue weighted by Gasteiger charge is -2.42. The van der Waals surface area contributed by atoms with Crippen LogP contribution in [-0.2, 0) is 4.79 Å². The zero-order chi connectivity index (χ0) is 16.5. The Bertz CT molecular complexity index is 381. The molecule has 0 aliphatic heterocycles. The van der Waals surface area contributed by atoms with E-state index < -0.39 is 5.97 Å². The smallest absolute Gasteiger partial charge is 0.317 e. The first-order valence-electron chi connectivity index (χ1n) is 8.10. The van der Waals surface area contributed by atoms with Gasteiger partial charge in [0.25, 0.3) is 0 Å². The Morgan fingerprint density at radius 2 is 2.14 bits per heavy atom. The maximum atomic E-state index is 11.9. The number of unbranched alkanes of at least 4 members (excludes halogenated alkanes) is 1. The summed E-state index contributed by atoms with van der Waals surface area (Å²) in [7, 11) is 0. The SMILES string of the molecule is C=CCCCC(C)NC(=O)NC1CC(N(CC)CC(=O)O)C1. The quantitative estimate of drug-likeness (QED) is 0.425. The monoisotopic (exact) mass is 311 g/mol. The molecule has 1 aliphatic rings. The van der Waals surface area contributed by atoms with Crippen LogP contribution in [0.3, 0.4) is 0 Å². The Labute approximate surface area is 132 Å². The number of carboxylic acids is 1. The molecular weight excluding hydrogens is 282 g/mol. The lowest BCUT2D eigenvalue weighted by Crippen LogP contribution is -2.57. The molecule has 1 fully saturated rings. The van der Waals surface area contributed by atoms with Gasteiger partial charge in [-0.3, -0.25) is 9.69 Å². The van der Waals surface area contributed by atoms with E-state index in [4.69, 9.17) is 5.11 Å². The van der Waals surface area contributed by atoms with Crippen molar-refractivity contribution in [2.24, 2.45) is 0 Å². The zero-order valence-corrected chi connectivity index (χ0v) is 13.7. The van der Waals surface area contributed by atoms with Crippen molar-refractivity contribution in [1.29, 1.82) is 0 Å². The number of allylic oxidation sites excluding steroid dienone is 1. The molecule has 0 spiro atoms. The summed E-state index contributed by atoms with van der Waals surface area (Å²) in [6, 6.07) is 0.426. The van der Waals surface area contributed by atoms with E-state index in [2.05, 4.69) is 17.2 Å². The van der Waals surface area contributed by atoms with E-state index >= 15 is 0 Å². The minimum absolute atomic E-state index is 0.0699. The highest BCUT2D eigenvalue weighted by atomic mass is 16.4. The second kappa shape index (κ2) is 9.46. The molecule has 0 radical (unpaired) electrons. The van der Waals surface area contributed by atoms with Crippen LogP contribution < -0.4 is 10.6 Å². The highest BCUT2D eigenvalue weighted by Gasteiger charge is 2.34. The van der Waals surface area contributed by atoms with E-state index in [-0.39, 0.29) is 30.7 Å². The molecule has 6 heteroatoms. The van der Waals surface area contributed by atoms with E-state index in [0.29, 0.717) is 0 Å². The van der Waals surface area contributed by atoms with E-state index in [1.165, 1.54) is 0 Å². The van der Waals surface area contributed by atoms with Gasteiger partial charge in [-0.1, -0.05) is 13.0 Å². The second-order valence-electron chi connectivity index (χ2n) is 6.02. The topological polar surface area (TPSA) is 81.7 Å². The normalized spacial score (nSPS) is 21.8. The van der Waals surface area contributed by atoms with Crippen LogP contribution in [-0.4, -0.2) is 53.2 Å². The molecule has 6 nitrogen and oxygen atoms in total. The van der Waals surface area contributed by atoms with Crippen molar-refractivity contribution in [2.45, 2.75) is 64.1 Å². The van der Waals surface area contributed by atoms with E-state index in [0.717, 1.165) is 38.6 Å². The number of amides is 2. The molecule has 0 heterocycles. The molecule has 0 bridgehead atoms. The lowest BCUT2D eigenvalue weighted by molar-refractivity contribution is -0.139. The van der Waals surface area contributed by atoms with Crippen LogP contribution in [0.5, 0.6) is 0 Å². The maximum Gasteiger partial charge on any atom is 0.317 e. The van der Waals surface area contributed by atoms with Crippen LogP contribution in [0, 0.1) is 0 Å². The van der Waals surface area contributed by atoms with Gasteiger partial charge in [0.2, 0.25) is 0 Å². The number of nitrogens with one attached hydrogen (secondary N) is 2. The largest absolute Gasteiger partial charge is 0.480 e. The number of likely N-dealkylation sites (N-methyl/N-ethyl adjacent to an activating group) is 1. The van der Waals surface area contributed by atoms with Gasteiger partial charge in [0.05, 0.1) is 6.54 Å². The Kier molecular flexibility index (Phi) is 7.95. The molecule has 0 saturated heterocycles. The second-order valence-corrected chi connectivity index (χ2v) is 6.02. The Balaban J connectivity index is 2.20. The number of nitrogens with zero attached hydrogens (tertiary/aromatic N) is 1. The fraction of sp³-hybridized carbons (Fsp3) is 0.750. The molecule has 3 N–H and O–H groups in total. The van der Waals surface area contributed by atoms with Gasteiger partial charge in [-0.05, 0) is 45.6 Å². The van der Waals surface area contributed by atoms with Gasteiger partial charge in [-0.2, -0.15) is 0 Å². The van der Waals surface area contributed by atoms with Gasteiger partial charge in [0, 0.05) is 18.1 Å². The van der Waals surface area contributed by atoms with Crippen LogP contribution in [0.1, 0.15) is 46.0 Å². The molecule has 1 atom stereocenters. The highest BCUT2D eigenvalue weighted by Crippen LogP contribution is 2.25. The molecular formula is C16H29N3O3. The standard InChI is InChI=1S/C16H29N3O3/c1-4-6-7-8-12(3)17-16(22)18-13-9-14(10-13)19(5-2)11-15(20)21/h4,12-14H,1,5-11H2,2-3H3,(H,20,21)(H2,17,18,22). The van der Waals surface area contributed by atoms with Gasteiger partial charge in [0.1, 0.15) is 0 Å². The fourth-order valence-corrected chi connectivity index (χ4v) is 2.77. The third kappa shape index (κ3) is 6.47. The van der Waals surface area contributed by atoms with Crippen LogP contribution in [0.2, 0.25) is 0 Å². The van der Waals surface area contributed by atoms with Crippen molar-refractivity contribution in [3.63, 3.8) is 0 Å². The predicted octanol–water partition coefficient (Wildman–Crippen LogP) is 1.97. The number of aliphatic carboxylic acids is 1. The lowest BCUT2D eigenvalue weighted by atomic mass is 9.85. The van der Waals surface area contributed by atoms with Crippen molar-refractivity contribution in [3.8, 4) is 0 Å². The first-order valence-corrected chi connectivity index (χ1v) is 8.10. The fourth-order valence-electron chi connectivity index (χ4n) is 2.77. The van der Waals surface area contributed by atoms with Gasteiger partial charge < -0.3 is 15.7 Å². The van der Waals surface area contributed by atoms with Crippen LogP contribution in [0.15, 0.2) is 12.7 Å². The molecule has 1 aliphatic carbocycles. The maximum absolute atomic E-state index is 11.9. The summed E-state index contributed by atoms with van der Waals surface area (Å²) in [5.74, 6) is -0.802. The first kappa shape index (κ1) is 18.5. The van der Waals surface area contributed by atoms with Gasteiger partial charge in [-0.15, -0.1) is 6.58 Å². The van der Waals surface area contributed by atoms with Crippen molar-refractivity contribution < 1.29 is 14.7 Å². The van der Waals surface area contributed by atoms with Crippen molar-refractivity contribution in [3.05, 3.63) is 12.7 Å². The van der Waals surface area contributed by atoms with Crippen LogP contribution >= 0.6 is 0 Å². The number of hydrogen-bond donors (Lipinski definition) is 3. The predicted molar refractivity (Wildman–Crippen MR) is 86.9 cm³/mol. The summed E-state index contributed by atoms with van der Waals surface area (Å²) in [6.45, 7) is 8.43. The number of urea groups is 1. The molecule has 1 saturated carbocycles. The van der Waals surface area contributed by atoms with Gasteiger partial charge in [-0.25, -0.2) is 4.79 Å². The molecule has 126 valence electrons. The Morgan fingerprint density at radius 3 is 2.68 bits per heavy atom. The molecule has 0 aromatic carbocycles. The van der Waals surface area contributed by atoms with E-state index in [1.54, 1.807) is 0 Å². The third-order valence-electron chi connectivity index (χ3n) is 4.13. The Morgan fingerprint density at radius 1 is 1.45 bits per heavy atom. The number of hydrogen-bond acceptors (Lipinski definition) is 3. The summed E-state index contributed by atoms with van der Waals surface area (Å²) < 4.78 is 0. The number of carbonyl (C=O) groups excluding carboxylic acids is 1. The van der Waals surface area contributed by atoms with Crippen molar-refractivity contribution in [2.75, 3.05) is 13.1 Å². The van der Waals surface area contributed by atoms with Crippen molar-refractivity contribution >= 4 is 12.0 Å². The summed E-state index contributed by atoms with van der Waals surface area (Å²) in [5.41, 5.74) is 0. The molecule has 0 aromatic rings. The zero-order valence-electron chi connectivity index (χ0n) is 13.7. The minimum atomic E-state index is -0.802. The number of carbonyl (C=O) groups is 2. The van der Waals surface area contributed by atoms with E-state index in [1.807, 2.05) is 24.8 Å². The van der Waals surface area contributed by atoms with Crippen molar-refractivity contribution in [1.82, 2.24) is 15.5 Å². The average molecular weight is 311 g/mol. The van der Waals surface area contributed by atoms with Crippen LogP contribution in [0.25, 0.3) is 0 Å². The summed E-state index contributed by atoms with van der Waals surface area (Å²) in [6.07, 6.45) is 6.46. The summed E-state index contributed by atoms with van der Waals surface area (Å²) >= 11 is 0. The third-order valence-corrected chi connectivity index (χ3v) is 4.13. The molecule has 22 heavy (non-hydrogen) atoms. The number of rotatable bonds is 10. The molecule has 2 amide bonds. The Hall–Kier alpha value is -1.56. The van der Waals surface area contributed by atoms with Gasteiger partial charge >= 0.3 is 12.0 Å². The minimum Gasteiger partial charge on any atom is -0.480 e. The summed E-state index contributed by atoms with van der Waals surface area (Å²) in [4.78, 5) is 24.6. The average Bonchev–Trinajstić information content (AvgIpc) is 2.40. The molecule has 1 unspecified atom stereocenters. The first-order chi connectivity index (χ1) is 10.5. The number of carboxylic acid groups (broad SMARTS) is 1. The summed E-state index contributed by atoms with van der Waals surface area (Å²) in [5, 5.41) is 14.7. The van der Waals surface area contributed by atoms with Gasteiger partial charge in [0.15, 0.2) is 0 Å².